The van der Waals surface area contributed by atoms with E-state index in [9.17, 15) is 26.4 Å². The van der Waals surface area contributed by atoms with E-state index in [-0.39, 0.29) is 16.7 Å². The van der Waals surface area contributed by atoms with Gasteiger partial charge in [0.15, 0.2) is 0 Å². The largest absolute Gasteiger partial charge is 0.491 e. The summed E-state index contributed by atoms with van der Waals surface area (Å²) in [6.45, 7) is 2.94. The lowest BCUT2D eigenvalue weighted by Crippen LogP contribution is -2.38. The van der Waals surface area contributed by atoms with Gasteiger partial charge in [-0.1, -0.05) is 29.8 Å². The van der Waals surface area contributed by atoms with Crippen LogP contribution in [0.3, 0.4) is 0 Å². The number of anilines is 2. The van der Waals surface area contributed by atoms with E-state index in [1.165, 1.54) is 24.3 Å². The van der Waals surface area contributed by atoms with Crippen molar-refractivity contribution in [2.24, 2.45) is 0 Å². The summed E-state index contributed by atoms with van der Waals surface area (Å²) in [5.74, 6) is -0.183. The zero-order valence-electron chi connectivity index (χ0n) is 18.7. The SMILES string of the molecule is CC(C)Oc1ccc(NC(=O)CN(c2ccc(Cl)c(C(F)(F)F)c2)S(=O)(=O)c2ccccc2)cc1. The molecule has 3 rings (SSSR count). The van der Waals surface area contributed by atoms with E-state index in [4.69, 9.17) is 16.3 Å². The van der Waals surface area contributed by atoms with Gasteiger partial charge in [0.1, 0.15) is 12.3 Å². The smallest absolute Gasteiger partial charge is 0.417 e. The number of hydrogen-bond acceptors (Lipinski definition) is 4. The molecule has 0 saturated heterocycles. The lowest BCUT2D eigenvalue weighted by atomic mass is 10.2. The van der Waals surface area contributed by atoms with Crippen LogP contribution in [0.15, 0.2) is 77.7 Å². The molecule has 0 aliphatic rings. The first-order valence-electron chi connectivity index (χ1n) is 10.4. The number of carbonyl (C=O) groups excluding carboxylic acids is 1. The lowest BCUT2D eigenvalue weighted by molar-refractivity contribution is -0.137. The van der Waals surface area contributed by atoms with Gasteiger partial charge in [0, 0.05) is 5.69 Å². The average Bonchev–Trinajstić information content (AvgIpc) is 2.79. The van der Waals surface area contributed by atoms with Gasteiger partial charge in [-0.3, -0.25) is 9.10 Å². The van der Waals surface area contributed by atoms with Crippen molar-refractivity contribution < 1.29 is 31.1 Å². The first kappa shape index (κ1) is 26.4. The zero-order chi connectivity index (χ0) is 25.8. The summed E-state index contributed by atoms with van der Waals surface area (Å²) in [5, 5.41) is 1.96. The summed E-state index contributed by atoms with van der Waals surface area (Å²) in [6.07, 6.45) is -4.87. The van der Waals surface area contributed by atoms with Gasteiger partial charge in [-0.25, -0.2) is 8.42 Å². The minimum absolute atomic E-state index is 0.0480. The molecular formula is C24H22ClF3N2O4S. The predicted molar refractivity (Wildman–Crippen MR) is 128 cm³/mol. The molecule has 6 nitrogen and oxygen atoms in total. The molecule has 3 aromatic carbocycles. The number of halogens is 4. The molecule has 0 fully saturated rings. The van der Waals surface area contributed by atoms with Gasteiger partial charge in [0.05, 0.1) is 27.3 Å². The molecular weight excluding hydrogens is 505 g/mol. The Balaban J connectivity index is 1.94. The van der Waals surface area contributed by atoms with Gasteiger partial charge < -0.3 is 10.1 Å². The molecule has 35 heavy (non-hydrogen) atoms. The van der Waals surface area contributed by atoms with E-state index in [0.29, 0.717) is 21.8 Å². The fourth-order valence-corrected chi connectivity index (χ4v) is 4.80. The number of nitrogens with one attached hydrogen (secondary N) is 1. The van der Waals surface area contributed by atoms with Crippen molar-refractivity contribution in [2.75, 3.05) is 16.2 Å². The normalized spacial score (nSPS) is 11.9. The van der Waals surface area contributed by atoms with Crippen molar-refractivity contribution in [3.8, 4) is 5.75 Å². The third-order valence-electron chi connectivity index (χ3n) is 4.67. The molecule has 0 aliphatic carbocycles. The molecule has 1 N–H and O–H groups in total. The Bertz CT molecular complexity index is 1280. The summed E-state index contributed by atoms with van der Waals surface area (Å²) in [7, 11) is -4.39. The van der Waals surface area contributed by atoms with Gasteiger partial charge in [0.2, 0.25) is 5.91 Å². The number of amides is 1. The number of sulfonamides is 1. The van der Waals surface area contributed by atoms with Crippen LogP contribution in [0, 0.1) is 0 Å². The Morgan fingerprint density at radius 2 is 1.66 bits per heavy atom. The maximum absolute atomic E-state index is 13.4. The molecule has 0 spiro atoms. The number of ether oxygens (including phenoxy) is 1. The van der Waals surface area contributed by atoms with Crippen LogP contribution in [0.1, 0.15) is 19.4 Å². The van der Waals surface area contributed by atoms with E-state index in [2.05, 4.69) is 5.32 Å². The van der Waals surface area contributed by atoms with Crippen LogP contribution >= 0.6 is 11.6 Å². The second kappa shape index (κ2) is 10.6. The van der Waals surface area contributed by atoms with Crippen molar-refractivity contribution >= 4 is 38.9 Å². The highest BCUT2D eigenvalue weighted by molar-refractivity contribution is 7.92. The fourth-order valence-electron chi connectivity index (χ4n) is 3.14. The van der Waals surface area contributed by atoms with Gasteiger partial charge >= 0.3 is 6.18 Å². The Morgan fingerprint density at radius 1 is 1.03 bits per heavy atom. The molecule has 0 heterocycles. The highest BCUT2D eigenvalue weighted by atomic mass is 35.5. The van der Waals surface area contributed by atoms with Crippen molar-refractivity contribution in [2.45, 2.75) is 31.0 Å². The summed E-state index contributed by atoms with van der Waals surface area (Å²) >= 11 is 5.70. The van der Waals surface area contributed by atoms with Crippen LogP contribution in [0.2, 0.25) is 5.02 Å². The summed E-state index contributed by atoms with van der Waals surface area (Å²) in [4.78, 5) is 12.6. The molecule has 11 heteroatoms. The quantitative estimate of drug-likeness (QED) is 0.392. The van der Waals surface area contributed by atoms with Crippen molar-refractivity contribution in [1.29, 1.82) is 0 Å². The van der Waals surface area contributed by atoms with Crippen LogP contribution in [0.5, 0.6) is 5.75 Å². The summed E-state index contributed by atoms with van der Waals surface area (Å²) in [6, 6.07) is 16.1. The predicted octanol–water partition coefficient (Wildman–Crippen LogP) is 5.98. The second-order valence-electron chi connectivity index (χ2n) is 7.73. The zero-order valence-corrected chi connectivity index (χ0v) is 20.3. The Labute approximate surface area is 206 Å². The van der Waals surface area contributed by atoms with Crippen LogP contribution in [-0.2, 0) is 21.0 Å². The van der Waals surface area contributed by atoms with Crippen LogP contribution in [-0.4, -0.2) is 27.0 Å². The van der Waals surface area contributed by atoms with E-state index in [0.717, 1.165) is 12.1 Å². The number of nitrogens with zero attached hydrogens (tertiary/aromatic N) is 1. The van der Waals surface area contributed by atoms with Crippen molar-refractivity contribution in [3.63, 3.8) is 0 Å². The first-order chi connectivity index (χ1) is 16.4. The van der Waals surface area contributed by atoms with Gasteiger partial charge in [0.25, 0.3) is 10.0 Å². The van der Waals surface area contributed by atoms with Gasteiger partial charge in [-0.15, -0.1) is 0 Å². The van der Waals surface area contributed by atoms with Crippen LogP contribution < -0.4 is 14.4 Å². The highest BCUT2D eigenvalue weighted by Crippen LogP contribution is 2.38. The minimum Gasteiger partial charge on any atom is -0.491 e. The molecule has 0 aliphatic heterocycles. The molecule has 3 aromatic rings. The standard InChI is InChI=1S/C24H22ClF3N2O4S/c1-16(2)34-19-11-8-17(9-12-19)29-23(31)15-30(35(32,33)20-6-4-3-5-7-20)18-10-13-22(25)21(14-18)24(26,27)28/h3-14,16H,15H2,1-2H3,(H,29,31). The monoisotopic (exact) mass is 526 g/mol. The molecule has 186 valence electrons. The summed E-state index contributed by atoms with van der Waals surface area (Å²) < 4.78 is 73.1. The van der Waals surface area contributed by atoms with E-state index in [1.807, 2.05) is 13.8 Å². The molecule has 0 unspecified atom stereocenters. The number of rotatable bonds is 8. The van der Waals surface area contributed by atoms with Gasteiger partial charge in [-0.05, 0) is 68.4 Å². The number of alkyl halides is 3. The number of carbonyl (C=O) groups is 1. The topological polar surface area (TPSA) is 75.7 Å². The number of hydrogen-bond donors (Lipinski definition) is 1. The molecule has 0 radical (unpaired) electrons. The molecule has 0 bridgehead atoms. The molecule has 0 atom stereocenters. The summed E-state index contributed by atoms with van der Waals surface area (Å²) in [5.41, 5.74) is -1.22. The van der Waals surface area contributed by atoms with Gasteiger partial charge in [-0.2, -0.15) is 13.2 Å². The van der Waals surface area contributed by atoms with Crippen LogP contribution in [0.25, 0.3) is 0 Å². The third kappa shape index (κ3) is 6.67. The molecule has 0 aromatic heterocycles. The maximum atomic E-state index is 13.4. The Hall–Kier alpha value is -3.24. The highest BCUT2D eigenvalue weighted by Gasteiger charge is 2.35. The molecule has 0 saturated carbocycles. The van der Waals surface area contributed by atoms with Crippen molar-refractivity contribution in [3.05, 3.63) is 83.4 Å². The lowest BCUT2D eigenvalue weighted by Gasteiger charge is -2.25. The second-order valence-corrected chi connectivity index (χ2v) is 10.00. The molecule has 1 amide bonds. The maximum Gasteiger partial charge on any atom is 0.417 e. The average molecular weight is 527 g/mol. The third-order valence-corrected chi connectivity index (χ3v) is 6.79. The van der Waals surface area contributed by atoms with E-state index in [1.54, 1.807) is 30.3 Å². The van der Waals surface area contributed by atoms with E-state index >= 15 is 0 Å². The van der Waals surface area contributed by atoms with Crippen LogP contribution in [0.4, 0.5) is 24.5 Å². The minimum atomic E-state index is -4.82. The van der Waals surface area contributed by atoms with E-state index < -0.39 is 39.2 Å². The fraction of sp³-hybridized carbons (Fsp3) is 0.208. The first-order valence-corrected chi connectivity index (χ1v) is 12.2. The Kier molecular flexibility index (Phi) is 7.97. The number of benzene rings is 3. The Morgan fingerprint density at radius 3 is 2.23 bits per heavy atom. The van der Waals surface area contributed by atoms with Crippen molar-refractivity contribution in [1.82, 2.24) is 0 Å².